The van der Waals surface area contributed by atoms with Crippen LogP contribution in [0, 0.1) is 10.1 Å². The number of nitro groups is 1. The van der Waals surface area contributed by atoms with Crippen molar-refractivity contribution in [2.45, 2.75) is 26.2 Å². The van der Waals surface area contributed by atoms with E-state index in [1.807, 2.05) is 6.92 Å². The predicted octanol–water partition coefficient (Wildman–Crippen LogP) is 1.68. The molecule has 2 aromatic rings. The third kappa shape index (κ3) is 7.33. The Morgan fingerprint density at radius 1 is 1.38 bits per heavy atom. The smallest absolute Gasteiger partial charge is 0.387 e. The monoisotopic (exact) mass is 412 g/mol. The van der Waals surface area contributed by atoms with Crippen LogP contribution in [0.15, 0.2) is 41.7 Å². The fourth-order valence-electron chi connectivity index (χ4n) is 2.35. The van der Waals surface area contributed by atoms with Crippen molar-refractivity contribution in [2.75, 3.05) is 19.6 Å². The molecule has 10 nitrogen and oxygen atoms in total. The van der Waals surface area contributed by atoms with Crippen LogP contribution >= 0.6 is 0 Å². The molecule has 158 valence electrons. The SMILES string of the molecule is CCNC(=NCC(O)c1ccc(OC(F)F)cc1)NCCn1cc([N+](=O)[O-])cn1. The van der Waals surface area contributed by atoms with E-state index in [9.17, 15) is 24.0 Å². The molecule has 1 unspecified atom stereocenters. The van der Waals surface area contributed by atoms with Crippen LogP contribution < -0.4 is 15.4 Å². The van der Waals surface area contributed by atoms with Gasteiger partial charge in [0, 0.05) is 13.1 Å². The predicted molar refractivity (Wildman–Crippen MR) is 101 cm³/mol. The molecular formula is C17H22F2N6O4. The summed E-state index contributed by atoms with van der Waals surface area (Å²) in [5.41, 5.74) is 0.425. The Labute approximate surface area is 165 Å². The van der Waals surface area contributed by atoms with Crippen molar-refractivity contribution in [2.24, 2.45) is 4.99 Å². The van der Waals surface area contributed by atoms with E-state index in [0.717, 1.165) is 0 Å². The average Bonchev–Trinajstić information content (AvgIpc) is 3.15. The number of hydrogen-bond acceptors (Lipinski definition) is 6. The van der Waals surface area contributed by atoms with E-state index in [0.29, 0.717) is 31.2 Å². The van der Waals surface area contributed by atoms with Gasteiger partial charge in [-0.3, -0.25) is 19.8 Å². The lowest BCUT2D eigenvalue weighted by Gasteiger charge is -2.14. The molecule has 1 heterocycles. The molecule has 0 spiro atoms. The third-order valence-corrected chi connectivity index (χ3v) is 3.72. The normalized spacial score (nSPS) is 12.7. The molecule has 0 aliphatic carbocycles. The number of aliphatic hydroxyl groups is 1. The average molecular weight is 412 g/mol. The highest BCUT2D eigenvalue weighted by Gasteiger charge is 2.10. The number of halogens is 2. The van der Waals surface area contributed by atoms with Crippen molar-refractivity contribution in [3.63, 3.8) is 0 Å². The first-order valence-electron chi connectivity index (χ1n) is 8.81. The summed E-state index contributed by atoms with van der Waals surface area (Å²) in [4.78, 5) is 14.4. The summed E-state index contributed by atoms with van der Waals surface area (Å²) in [6, 6.07) is 5.67. The van der Waals surface area contributed by atoms with Crippen LogP contribution in [0.4, 0.5) is 14.5 Å². The maximum Gasteiger partial charge on any atom is 0.387 e. The lowest BCUT2D eigenvalue weighted by atomic mass is 10.1. The van der Waals surface area contributed by atoms with Gasteiger partial charge in [0.05, 0.1) is 24.1 Å². The summed E-state index contributed by atoms with van der Waals surface area (Å²) in [5.74, 6) is 0.458. The Kier molecular flexibility index (Phi) is 8.27. The minimum absolute atomic E-state index is 0.00770. The highest BCUT2D eigenvalue weighted by molar-refractivity contribution is 5.79. The molecule has 29 heavy (non-hydrogen) atoms. The first kappa shape index (κ1) is 22.0. The number of alkyl halides is 2. The van der Waals surface area contributed by atoms with E-state index >= 15 is 0 Å². The zero-order valence-corrected chi connectivity index (χ0v) is 15.7. The first-order chi connectivity index (χ1) is 13.9. The van der Waals surface area contributed by atoms with Gasteiger partial charge in [-0.25, -0.2) is 0 Å². The van der Waals surface area contributed by atoms with E-state index in [-0.39, 0.29) is 18.0 Å². The van der Waals surface area contributed by atoms with Gasteiger partial charge >= 0.3 is 12.3 Å². The molecule has 3 N–H and O–H groups in total. The van der Waals surface area contributed by atoms with Crippen molar-refractivity contribution in [3.05, 3.63) is 52.3 Å². The maximum absolute atomic E-state index is 12.2. The number of nitrogens with one attached hydrogen (secondary N) is 2. The van der Waals surface area contributed by atoms with Crippen LogP contribution in [0.1, 0.15) is 18.6 Å². The second-order valence-corrected chi connectivity index (χ2v) is 5.83. The number of guanidine groups is 1. The molecule has 0 amide bonds. The molecule has 0 aliphatic rings. The van der Waals surface area contributed by atoms with Crippen molar-refractivity contribution in [1.82, 2.24) is 20.4 Å². The molecule has 12 heteroatoms. The zero-order chi connectivity index (χ0) is 21.2. The molecule has 1 aromatic heterocycles. The van der Waals surface area contributed by atoms with Crippen molar-refractivity contribution in [1.29, 1.82) is 0 Å². The lowest BCUT2D eigenvalue weighted by molar-refractivity contribution is -0.385. The largest absolute Gasteiger partial charge is 0.435 e. The molecule has 0 radical (unpaired) electrons. The second-order valence-electron chi connectivity index (χ2n) is 5.83. The number of aliphatic hydroxyl groups excluding tert-OH is 1. The second kappa shape index (κ2) is 10.9. The molecule has 1 aromatic carbocycles. The van der Waals surface area contributed by atoms with Gasteiger partial charge < -0.3 is 20.5 Å². The van der Waals surface area contributed by atoms with Crippen LogP contribution in [0.5, 0.6) is 5.75 Å². The van der Waals surface area contributed by atoms with Crippen LogP contribution in [-0.2, 0) is 6.54 Å². The van der Waals surface area contributed by atoms with Gasteiger partial charge in [-0.15, -0.1) is 0 Å². The lowest BCUT2D eigenvalue weighted by Crippen LogP contribution is -2.39. The van der Waals surface area contributed by atoms with Crippen LogP contribution in [0.25, 0.3) is 0 Å². The van der Waals surface area contributed by atoms with Crippen LogP contribution in [-0.4, -0.2) is 52.0 Å². The number of aliphatic imine (C=N–C) groups is 1. The van der Waals surface area contributed by atoms with Gasteiger partial charge in [-0.2, -0.15) is 13.9 Å². The van der Waals surface area contributed by atoms with E-state index < -0.39 is 17.6 Å². The first-order valence-corrected chi connectivity index (χ1v) is 8.81. The quantitative estimate of drug-likeness (QED) is 0.234. The molecule has 0 bridgehead atoms. The van der Waals surface area contributed by atoms with E-state index in [2.05, 4.69) is 25.5 Å². The van der Waals surface area contributed by atoms with E-state index in [4.69, 9.17) is 0 Å². The fraction of sp³-hybridized carbons (Fsp3) is 0.412. The number of ether oxygens (including phenoxy) is 1. The van der Waals surface area contributed by atoms with Crippen LogP contribution in [0.3, 0.4) is 0 Å². The van der Waals surface area contributed by atoms with Crippen molar-refractivity contribution < 1.29 is 23.5 Å². The summed E-state index contributed by atoms with van der Waals surface area (Å²) in [5, 5.41) is 30.8. The summed E-state index contributed by atoms with van der Waals surface area (Å²) >= 11 is 0. The molecule has 0 aliphatic heterocycles. The number of rotatable bonds is 10. The summed E-state index contributed by atoms with van der Waals surface area (Å²) in [7, 11) is 0. The molecule has 0 fully saturated rings. The van der Waals surface area contributed by atoms with Crippen molar-refractivity contribution in [3.8, 4) is 5.75 Å². The molecular weight excluding hydrogens is 390 g/mol. The standard InChI is InChI=1S/C17H22F2N6O4/c1-2-20-17(21-7-8-24-11-13(9-23-24)25(27)28)22-10-15(26)12-3-5-14(6-4-12)29-16(18)19/h3-6,9,11,15-16,26H,2,7-8,10H2,1H3,(H2,20,21,22). The highest BCUT2D eigenvalue weighted by atomic mass is 19.3. The summed E-state index contributed by atoms with van der Waals surface area (Å²) < 4.78 is 30.0. The summed E-state index contributed by atoms with van der Waals surface area (Å²) in [6.45, 7) is 0.392. The Morgan fingerprint density at radius 2 is 2.10 bits per heavy atom. The topological polar surface area (TPSA) is 127 Å². The van der Waals surface area contributed by atoms with Gasteiger partial charge in [-0.05, 0) is 24.6 Å². The molecule has 0 saturated heterocycles. The molecule has 0 saturated carbocycles. The van der Waals surface area contributed by atoms with Crippen molar-refractivity contribution >= 4 is 11.6 Å². The Hall–Kier alpha value is -3.28. The van der Waals surface area contributed by atoms with E-state index in [1.165, 1.54) is 41.3 Å². The number of benzene rings is 1. The minimum Gasteiger partial charge on any atom is -0.435 e. The Bertz CT molecular complexity index is 813. The fourth-order valence-corrected chi connectivity index (χ4v) is 2.35. The highest BCUT2D eigenvalue weighted by Crippen LogP contribution is 2.19. The molecule has 2 rings (SSSR count). The van der Waals surface area contributed by atoms with Gasteiger partial charge in [-0.1, -0.05) is 12.1 Å². The van der Waals surface area contributed by atoms with Gasteiger partial charge in [0.25, 0.3) is 0 Å². The van der Waals surface area contributed by atoms with Gasteiger partial charge in [0.15, 0.2) is 5.96 Å². The third-order valence-electron chi connectivity index (χ3n) is 3.72. The number of aromatic nitrogens is 2. The summed E-state index contributed by atoms with van der Waals surface area (Å²) in [6.07, 6.45) is 1.57. The number of nitrogens with zero attached hydrogens (tertiary/aromatic N) is 4. The van der Waals surface area contributed by atoms with E-state index in [1.54, 1.807) is 0 Å². The minimum atomic E-state index is -2.91. The van der Waals surface area contributed by atoms with Crippen LogP contribution in [0.2, 0.25) is 0 Å². The Morgan fingerprint density at radius 3 is 2.69 bits per heavy atom. The zero-order valence-electron chi connectivity index (χ0n) is 15.7. The van der Waals surface area contributed by atoms with Gasteiger partial charge in [0.2, 0.25) is 0 Å². The van der Waals surface area contributed by atoms with Gasteiger partial charge in [0.1, 0.15) is 18.1 Å². The number of hydrogen-bond donors (Lipinski definition) is 3. The Balaban J connectivity index is 1.87. The maximum atomic E-state index is 12.2. The molecule has 1 atom stereocenters.